The Balaban J connectivity index is 2.21. The molecule has 1 aromatic carbocycles. The summed E-state index contributed by atoms with van der Waals surface area (Å²) < 4.78 is 27.1. The summed E-state index contributed by atoms with van der Waals surface area (Å²) in [5.74, 6) is -0.295. The lowest BCUT2D eigenvalue weighted by Crippen LogP contribution is -2.42. The van der Waals surface area contributed by atoms with E-state index in [4.69, 9.17) is 5.73 Å². The zero-order valence-electron chi connectivity index (χ0n) is 11.0. The second-order valence-corrected chi connectivity index (χ2v) is 5.84. The third kappa shape index (κ3) is 2.41. The summed E-state index contributed by atoms with van der Waals surface area (Å²) >= 11 is 0. The molecule has 3 heteroatoms. The van der Waals surface area contributed by atoms with Gasteiger partial charge >= 0.3 is 0 Å². The van der Waals surface area contributed by atoms with E-state index in [2.05, 4.69) is 13.8 Å². The van der Waals surface area contributed by atoms with Gasteiger partial charge in [0, 0.05) is 11.1 Å². The Bertz CT molecular complexity index is 421. The molecular weight excluding hydrogens is 232 g/mol. The van der Waals surface area contributed by atoms with Gasteiger partial charge in [0.2, 0.25) is 0 Å². The molecule has 1 nitrogen and oxygen atoms in total. The topological polar surface area (TPSA) is 26.0 Å². The van der Waals surface area contributed by atoms with Crippen LogP contribution in [0.5, 0.6) is 0 Å². The van der Waals surface area contributed by atoms with Gasteiger partial charge in [0.15, 0.2) is 11.6 Å². The summed E-state index contributed by atoms with van der Waals surface area (Å²) in [6.45, 7) is 4.41. The van der Waals surface area contributed by atoms with Gasteiger partial charge < -0.3 is 5.73 Å². The van der Waals surface area contributed by atoms with Crippen molar-refractivity contribution in [2.75, 3.05) is 0 Å². The van der Waals surface area contributed by atoms with Crippen LogP contribution in [0.3, 0.4) is 0 Å². The van der Waals surface area contributed by atoms with Crippen LogP contribution in [0.15, 0.2) is 18.2 Å². The first-order chi connectivity index (χ1) is 8.44. The predicted octanol–water partition coefficient (Wildman–Crippen LogP) is 3.97. The van der Waals surface area contributed by atoms with Crippen molar-refractivity contribution in [1.29, 1.82) is 0 Å². The zero-order valence-corrected chi connectivity index (χ0v) is 11.0. The Morgan fingerprint density at radius 3 is 2.39 bits per heavy atom. The van der Waals surface area contributed by atoms with Crippen molar-refractivity contribution >= 4 is 0 Å². The molecule has 1 aromatic rings. The highest BCUT2D eigenvalue weighted by Crippen LogP contribution is 2.41. The summed E-state index contributed by atoms with van der Waals surface area (Å²) in [5, 5.41) is 0. The Labute approximate surface area is 107 Å². The van der Waals surface area contributed by atoms with Crippen LogP contribution in [-0.2, 0) is 5.54 Å². The second-order valence-electron chi connectivity index (χ2n) is 5.84. The molecule has 0 bridgehead atoms. The molecule has 0 spiro atoms. The van der Waals surface area contributed by atoms with Gasteiger partial charge in [0.05, 0.1) is 0 Å². The third-order valence-electron chi connectivity index (χ3n) is 4.35. The Hall–Kier alpha value is -0.960. The molecule has 1 saturated carbocycles. The van der Waals surface area contributed by atoms with Crippen molar-refractivity contribution in [1.82, 2.24) is 0 Å². The number of benzene rings is 1. The van der Waals surface area contributed by atoms with E-state index in [9.17, 15) is 8.78 Å². The van der Waals surface area contributed by atoms with Crippen LogP contribution in [0, 0.1) is 23.5 Å². The average molecular weight is 253 g/mol. The van der Waals surface area contributed by atoms with Crippen LogP contribution >= 0.6 is 0 Å². The standard InChI is InChI=1S/C15H21F2N/c1-10(2)11-6-8-15(18,9-7-11)12-4-3-5-13(16)14(12)17/h3-5,10-11H,6-9,18H2,1-2H3. The van der Waals surface area contributed by atoms with E-state index in [1.807, 2.05) is 0 Å². The lowest BCUT2D eigenvalue weighted by Gasteiger charge is -2.39. The summed E-state index contributed by atoms with van der Waals surface area (Å²) in [7, 11) is 0. The van der Waals surface area contributed by atoms with E-state index >= 15 is 0 Å². The predicted molar refractivity (Wildman–Crippen MR) is 69.0 cm³/mol. The first kappa shape index (κ1) is 13.5. The van der Waals surface area contributed by atoms with Gasteiger partial charge in [-0.1, -0.05) is 26.0 Å². The van der Waals surface area contributed by atoms with E-state index < -0.39 is 17.2 Å². The van der Waals surface area contributed by atoms with Gasteiger partial charge in [-0.3, -0.25) is 0 Å². The maximum atomic E-state index is 13.8. The Kier molecular flexibility index (Phi) is 3.71. The van der Waals surface area contributed by atoms with E-state index in [1.54, 1.807) is 6.07 Å². The molecule has 2 rings (SSSR count). The molecule has 2 N–H and O–H groups in total. The maximum Gasteiger partial charge on any atom is 0.163 e. The van der Waals surface area contributed by atoms with Gasteiger partial charge in [0.25, 0.3) is 0 Å². The van der Waals surface area contributed by atoms with Gasteiger partial charge in [-0.2, -0.15) is 0 Å². The summed E-state index contributed by atoms with van der Waals surface area (Å²) in [6, 6.07) is 4.30. The molecule has 0 radical (unpaired) electrons. The monoisotopic (exact) mass is 253 g/mol. The molecule has 1 aliphatic rings. The van der Waals surface area contributed by atoms with Crippen LogP contribution in [0.25, 0.3) is 0 Å². The fourth-order valence-electron chi connectivity index (χ4n) is 2.98. The van der Waals surface area contributed by atoms with Crippen LogP contribution < -0.4 is 5.73 Å². The Morgan fingerprint density at radius 2 is 1.83 bits per heavy atom. The van der Waals surface area contributed by atoms with E-state index in [-0.39, 0.29) is 0 Å². The summed E-state index contributed by atoms with van der Waals surface area (Å²) in [5.41, 5.74) is 5.95. The number of rotatable bonds is 2. The van der Waals surface area contributed by atoms with Gasteiger partial charge in [-0.25, -0.2) is 8.78 Å². The molecule has 0 saturated heterocycles. The number of hydrogen-bond donors (Lipinski definition) is 1. The second kappa shape index (κ2) is 4.96. The van der Waals surface area contributed by atoms with Crippen molar-refractivity contribution in [3.05, 3.63) is 35.4 Å². The molecule has 0 aliphatic heterocycles. The first-order valence-corrected chi connectivity index (χ1v) is 6.67. The number of halogens is 2. The van der Waals surface area contributed by atoms with Crippen molar-refractivity contribution in [3.63, 3.8) is 0 Å². The summed E-state index contributed by atoms with van der Waals surface area (Å²) in [4.78, 5) is 0. The maximum absolute atomic E-state index is 13.8. The Morgan fingerprint density at radius 1 is 1.22 bits per heavy atom. The highest BCUT2D eigenvalue weighted by atomic mass is 19.2. The SMILES string of the molecule is CC(C)C1CCC(N)(c2cccc(F)c2F)CC1. The summed E-state index contributed by atoms with van der Waals surface area (Å²) in [6.07, 6.45) is 3.45. The van der Waals surface area contributed by atoms with Crippen molar-refractivity contribution in [3.8, 4) is 0 Å². The van der Waals surface area contributed by atoms with Crippen molar-refractivity contribution in [2.45, 2.75) is 45.1 Å². The molecule has 18 heavy (non-hydrogen) atoms. The average Bonchev–Trinajstić information content (AvgIpc) is 2.33. The van der Waals surface area contributed by atoms with Gasteiger partial charge in [-0.05, 0) is 43.6 Å². The molecule has 0 heterocycles. The van der Waals surface area contributed by atoms with E-state index in [0.29, 0.717) is 17.4 Å². The zero-order chi connectivity index (χ0) is 13.3. The van der Waals surface area contributed by atoms with Crippen LogP contribution in [0.1, 0.15) is 45.1 Å². The van der Waals surface area contributed by atoms with Crippen LogP contribution in [-0.4, -0.2) is 0 Å². The first-order valence-electron chi connectivity index (χ1n) is 6.67. The largest absolute Gasteiger partial charge is 0.321 e. The molecule has 0 amide bonds. The molecular formula is C15H21F2N. The van der Waals surface area contributed by atoms with Crippen LogP contribution in [0.2, 0.25) is 0 Å². The van der Waals surface area contributed by atoms with Crippen molar-refractivity contribution in [2.24, 2.45) is 17.6 Å². The lowest BCUT2D eigenvalue weighted by atomic mass is 9.70. The van der Waals surface area contributed by atoms with Gasteiger partial charge in [-0.15, -0.1) is 0 Å². The highest BCUT2D eigenvalue weighted by molar-refractivity contribution is 5.27. The fourth-order valence-corrected chi connectivity index (χ4v) is 2.98. The third-order valence-corrected chi connectivity index (χ3v) is 4.35. The van der Waals surface area contributed by atoms with Gasteiger partial charge in [0.1, 0.15) is 0 Å². The normalized spacial score (nSPS) is 28.7. The molecule has 0 unspecified atom stereocenters. The fraction of sp³-hybridized carbons (Fsp3) is 0.600. The smallest absolute Gasteiger partial charge is 0.163 e. The molecule has 0 atom stereocenters. The molecule has 100 valence electrons. The minimum Gasteiger partial charge on any atom is -0.321 e. The minimum atomic E-state index is -0.802. The quantitative estimate of drug-likeness (QED) is 0.848. The number of hydrogen-bond acceptors (Lipinski definition) is 1. The van der Waals surface area contributed by atoms with Crippen LogP contribution in [0.4, 0.5) is 8.78 Å². The van der Waals surface area contributed by atoms with E-state index in [1.165, 1.54) is 6.07 Å². The molecule has 0 aromatic heterocycles. The molecule has 1 fully saturated rings. The highest BCUT2D eigenvalue weighted by Gasteiger charge is 2.36. The van der Waals surface area contributed by atoms with Crippen molar-refractivity contribution < 1.29 is 8.78 Å². The lowest BCUT2D eigenvalue weighted by molar-refractivity contribution is 0.191. The number of nitrogens with two attached hydrogens (primary N) is 1. The molecule has 1 aliphatic carbocycles. The van der Waals surface area contributed by atoms with E-state index in [0.717, 1.165) is 31.7 Å². The minimum absolute atomic E-state index is 0.338.